The largest absolute Gasteiger partial charge is 0.497 e. The Bertz CT molecular complexity index is 1480. The van der Waals surface area contributed by atoms with Gasteiger partial charge in [-0.05, 0) is 60.2 Å². The third-order valence-electron chi connectivity index (χ3n) is 6.51. The number of allylic oxidation sites excluding steroid dienone is 1. The molecule has 0 spiro atoms. The number of hydrogen-bond acceptors (Lipinski definition) is 7. The number of carbonyl (C=O) groups is 1. The lowest BCUT2D eigenvalue weighted by Gasteiger charge is -2.30. The molecule has 1 aliphatic heterocycles. The molecule has 0 aromatic heterocycles. The van der Waals surface area contributed by atoms with Gasteiger partial charge in [0.2, 0.25) is 16.3 Å². The highest BCUT2D eigenvalue weighted by Gasteiger charge is 2.30. The second kappa shape index (κ2) is 14.0. The van der Waals surface area contributed by atoms with Gasteiger partial charge in [0, 0.05) is 36.7 Å². The molecular formula is C31H32N2O7S. The molecular weight excluding hydrogens is 544 g/mol. The zero-order chi connectivity index (χ0) is 29.2. The SMILES string of the molecule is C#Cc1ccc([C@H]2C=C(C(=O)Nc3ccccc3)O[C@@H](OCCN(CCO)S(=O)(=O)c3ccc(OC)cc3)C2)cc1. The van der Waals surface area contributed by atoms with Gasteiger partial charge in [-0.1, -0.05) is 36.3 Å². The van der Waals surface area contributed by atoms with E-state index in [1.54, 1.807) is 30.3 Å². The molecule has 2 atom stereocenters. The number of rotatable bonds is 12. The molecule has 2 N–H and O–H groups in total. The molecule has 9 nitrogen and oxygen atoms in total. The van der Waals surface area contributed by atoms with Gasteiger partial charge >= 0.3 is 0 Å². The van der Waals surface area contributed by atoms with E-state index in [4.69, 9.17) is 20.6 Å². The van der Waals surface area contributed by atoms with Gasteiger partial charge in [0.25, 0.3) is 5.91 Å². The molecule has 0 aliphatic carbocycles. The van der Waals surface area contributed by atoms with E-state index in [0.717, 1.165) is 15.4 Å². The Labute approximate surface area is 240 Å². The minimum atomic E-state index is -3.91. The van der Waals surface area contributed by atoms with Crippen molar-refractivity contribution in [1.82, 2.24) is 4.31 Å². The predicted octanol–water partition coefficient (Wildman–Crippen LogP) is 3.73. The van der Waals surface area contributed by atoms with Gasteiger partial charge in [0.1, 0.15) is 5.75 Å². The van der Waals surface area contributed by atoms with E-state index in [1.807, 2.05) is 42.5 Å². The standard InChI is InChI=1S/C31H32N2O7S/c1-3-23-9-11-24(12-10-23)25-21-29(31(35)32-26-7-5-4-6-8-26)40-30(22-25)39-20-18-33(17-19-34)41(36,37)28-15-13-27(38-2)14-16-28/h1,4-16,21,25,30,34H,17-20,22H2,2H3,(H,32,35)/t25-,30+/m0/s1. The Hall–Kier alpha value is -4.14. The first-order chi connectivity index (χ1) is 19.8. The summed E-state index contributed by atoms with van der Waals surface area (Å²) in [5.74, 6) is 2.56. The van der Waals surface area contributed by atoms with E-state index in [0.29, 0.717) is 17.9 Å². The zero-order valence-electron chi connectivity index (χ0n) is 22.6. The first kappa shape index (κ1) is 29.8. The van der Waals surface area contributed by atoms with Crippen molar-refractivity contribution in [2.75, 3.05) is 38.7 Å². The Morgan fingerprint density at radius 3 is 2.41 bits per heavy atom. The fourth-order valence-corrected chi connectivity index (χ4v) is 5.75. The molecule has 0 radical (unpaired) electrons. The Kier molecular flexibility index (Phi) is 10.2. The van der Waals surface area contributed by atoms with Gasteiger partial charge in [-0.25, -0.2) is 8.42 Å². The number of sulfonamides is 1. The number of terminal acetylenes is 1. The summed E-state index contributed by atoms with van der Waals surface area (Å²) in [4.78, 5) is 13.1. The molecule has 0 bridgehead atoms. The molecule has 41 heavy (non-hydrogen) atoms. The summed E-state index contributed by atoms with van der Waals surface area (Å²) in [7, 11) is -2.41. The summed E-state index contributed by atoms with van der Waals surface area (Å²) in [6, 6.07) is 22.5. The van der Waals surface area contributed by atoms with Gasteiger partial charge < -0.3 is 24.6 Å². The van der Waals surface area contributed by atoms with Crippen LogP contribution in [0.25, 0.3) is 0 Å². The van der Waals surface area contributed by atoms with Crippen molar-refractivity contribution in [3.63, 3.8) is 0 Å². The Morgan fingerprint density at radius 2 is 1.78 bits per heavy atom. The fourth-order valence-electron chi connectivity index (χ4n) is 4.34. The second-order valence-electron chi connectivity index (χ2n) is 9.18. The number of aliphatic hydroxyl groups excluding tert-OH is 1. The number of amides is 1. The molecule has 0 saturated carbocycles. The van der Waals surface area contributed by atoms with Crippen LogP contribution in [0.2, 0.25) is 0 Å². The van der Waals surface area contributed by atoms with Gasteiger partial charge in [0.05, 0.1) is 25.2 Å². The minimum Gasteiger partial charge on any atom is -0.497 e. The lowest BCUT2D eigenvalue weighted by molar-refractivity contribution is -0.143. The van der Waals surface area contributed by atoms with Crippen molar-refractivity contribution in [2.45, 2.75) is 23.5 Å². The third-order valence-corrected chi connectivity index (χ3v) is 8.42. The number of hydrogen-bond donors (Lipinski definition) is 2. The maximum absolute atomic E-state index is 13.2. The normalized spacial score (nSPS) is 16.8. The topological polar surface area (TPSA) is 114 Å². The number of carbonyl (C=O) groups excluding carboxylic acids is 1. The molecule has 1 aliphatic rings. The highest BCUT2D eigenvalue weighted by atomic mass is 32.2. The molecule has 1 amide bonds. The van der Waals surface area contributed by atoms with E-state index < -0.39 is 22.2 Å². The average Bonchev–Trinajstić information content (AvgIpc) is 3.01. The van der Waals surface area contributed by atoms with Crippen molar-refractivity contribution in [3.8, 4) is 18.1 Å². The quantitative estimate of drug-likeness (QED) is 0.316. The van der Waals surface area contributed by atoms with Gasteiger partial charge in [-0.3, -0.25) is 4.79 Å². The molecule has 3 aromatic carbocycles. The second-order valence-corrected chi connectivity index (χ2v) is 11.1. The number of benzene rings is 3. The molecule has 214 valence electrons. The first-order valence-electron chi connectivity index (χ1n) is 13.0. The highest BCUT2D eigenvalue weighted by Crippen LogP contribution is 2.32. The van der Waals surface area contributed by atoms with Crippen LogP contribution in [0, 0.1) is 12.3 Å². The van der Waals surface area contributed by atoms with Crippen LogP contribution in [0.5, 0.6) is 5.75 Å². The van der Waals surface area contributed by atoms with Crippen LogP contribution in [0.4, 0.5) is 5.69 Å². The van der Waals surface area contributed by atoms with Crippen molar-refractivity contribution in [1.29, 1.82) is 0 Å². The third kappa shape index (κ3) is 7.74. The van der Waals surface area contributed by atoms with Gasteiger partial charge in [-0.15, -0.1) is 6.42 Å². The Morgan fingerprint density at radius 1 is 1.07 bits per heavy atom. The smallest absolute Gasteiger partial charge is 0.290 e. The lowest BCUT2D eigenvalue weighted by Crippen LogP contribution is -2.37. The molecule has 0 unspecified atom stereocenters. The number of methoxy groups -OCH3 is 1. The van der Waals surface area contributed by atoms with E-state index in [1.165, 1.54) is 19.2 Å². The van der Waals surface area contributed by atoms with Crippen LogP contribution in [0.15, 0.2) is 95.6 Å². The van der Waals surface area contributed by atoms with Crippen LogP contribution >= 0.6 is 0 Å². The Balaban J connectivity index is 1.48. The van der Waals surface area contributed by atoms with E-state index >= 15 is 0 Å². The number of anilines is 1. The van der Waals surface area contributed by atoms with Crippen molar-refractivity contribution in [3.05, 3.63) is 102 Å². The minimum absolute atomic E-state index is 0.0314. The van der Waals surface area contributed by atoms with Crippen molar-refractivity contribution >= 4 is 21.6 Å². The number of nitrogens with one attached hydrogen (secondary N) is 1. The highest BCUT2D eigenvalue weighted by molar-refractivity contribution is 7.89. The molecule has 1 heterocycles. The lowest BCUT2D eigenvalue weighted by atomic mass is 9.92. The molecule has 0 saturated heterocycles. The van der Waals surface area contributed by atoms with E-state index in [9.17, 15) is 18.3 Å². The predicted molar refractivity (Wildman–Crippen MR) is 155 cm³/mol. The van der Waals surface area contributed by atoms with Crippen LogP contribution in [-0.2, 0) is 24.3 Å². The van der Waals surface area contributed by atoms with Crippen molar-refractivity contribution < 1.29 is 32.5 Å². The van der Waals surface area contributed by atoms with Gasteiger partial charge in [-0.2, -0.15) is 4.31 Å². The maximum Gasteiger partial charge on any atom is 0.290 e. The van der Waals surface area contributed by atoms with E-state index in [2.05, 4.69) is 11.2 Å². The van der Waals surface area contributed by atoms with Crippen LogP contribution in [0.3, 0.4) is 0 Å². The summed E-state index contributed by atoms with van der Waals surface area (Å²) in [6.45, 7) is -0.544. The average molecular weight is 577 g/mol. The monoisotopic (exact) mass is 576 g/mol. The van der Waals surface area contributed by atoms with E-state index in [-0.39, 0.29) is 42.9 Å². The zero-order valence-corrected chi connectivity index (χ0v) is 23.4. The van der Waals surface area contributed by atoms with Crippen molar-refractivity contribution in [2.24, 2.45) is 0 Å². The van der Waals surface area contributed by atoms with Crippen LogP contribution in [-0.4, -0.2) is 63.4 Å². The van der Waals surface area contributed by atoms with Crippen LogP contribution < -0.4 is 10.1 Å². The number of nitrogens with zero attached hydrogens (tertiary/aromatic N) is 1. The first-order valence-corrected chi connectivity index (χ1v) is 14.5. The summed E-state index contributed by atoms with van der Waals surface area (Å²) in [5, 5.41) is 12.4. The maximum atomic E-state index is 13.2. The summed E-state index contributed by atoms with van der Waals surface area (Å²) in [6.07, 6.45) is 6.81. The fraction of sp³-hybridized carbons (Fsp3) is 0.258. The summed E-state index contributed by atoms with van der Waals surface area (Å²) >= 11 is 0. The summed E-state index contributed by atoms with van der Waals surface area (Å²) < 4.78 is 44.6. The summed E-state index contributed by atoms with van der Waals surface area (Å²) in [5.41, 5.74) is 2.28. The number of aliphatic hydroxyl groups is 1. The van der Waals surface area contributed by atoms with Gasteiger partial charge in [0.15, 0.2) is 5.76 Å². The van der Waals surface area contributed by atoms with Crippen LogP contribution in [0.1, 0.15) is 23.5 Å². The molecule has 0 fully saturated rings. The molecule has 3 aromatic rings. The molecule has 4 rings (SSSR count). The molecule has 10 heteroatoms. The number of ether oxygens (including phenoxy) is 3. The number of para-hydroxylation sites is 1.